The molecule has 0 bridgehead atoms. The van der Waals surface area contributed by atoms with Gasteiger partial charge in [0, 0.05) is 13.2 Å². The summed E-state index contributed by atoms with van der Waals surface area (Å²) in [5, 5.41) is 10.0. The van der Waals surface area contributed by atoms with Crippen molar-refractivity contribution in [2.75, 3.05) is 0 Å². The molecule has 6 heteroatoms. The second kappa shape index (κ2) is 3.38. The van der Waals surface area contributed by atoms with E-state index in [0.717, 1.165) is 23.5 Å². The van der Waals surface area contributed by atoms with Gasteiger partial charge in [-0.15, -0.1) is 0 Å². The number of hydrogen-bond acceptors (Lipinski definition) is 3. The molecule has 0 radical (unpaired) electrons. The van der Waals surface area contributed by atoms with Gasteiger partial charge in [-0.3, -0.25) is 14.9 Å². The van der Waals surface area contributed by atoms with Gasteiger partial charge in [0.2, 0.25) is 4.77 Å². The SMILES string of the molecule is CCc1nn(C)cc1-c1nc(=S)[nH][nH]1. The van der Waals surface area contributed by atoms with Gasteiger partial charge in [-0.2, -0.15) is 10.1 Å². The van der Waals surface area contributed by atoms with Gasteiger partial charge in [0.15, 0.2) is 5.82 Å². The highest BCUT2D eigenvalue weighted by Gasteiger charge is 2.10. The number of aromatic amines is 2. The van der Waals surface area contributed by atoms with Gasteiger partial charge in [0.05, 0.1) is 11.3 Å². The number of aryl methyl sites for hydroxylation is 2. The smallest absolute Gasteiger partial charge is 0.213 e. The molecule has 0 spiro atoms. The Labute approximate surface area is 86.2 Å². The Bertz CT molecular complexity index is 492. The van der Waals surface area contributed by atoms with Crippen LogP contribution in [0, 0.1) is 4.77 Å². The third-order valence-corrected chi connectivity index (χ3v) is 2.19. The number of nitrogens with one attached hydrogen (secondary N) is 2. The molecule has 0 aliphatic carbocycles. The van der Waals surface area contributed by atoms with Crippen molar-refractivity contribution in [1.82, 2.24) is 25.0 Å². The van der Waals surface area contributed by atoms with E-state index in [4.69, 9.17) is 12.2 Å². The van der Waals surface area contributed by atoms with Crippen molar-refractivity contribution in [3.63, 3.8) is 0 Å². The molecule has 0 aliphatic heterocycles. The van der Waals surface area contributed by atoms with E-state index < -0.39 is 0 Å². The van der Waals surface area contributed by atoms with Crippen LogP contribution in [-0.2, 0) is 13.5 Å². The summed E-state index contributed by atoms with van der Waals surface area (Å²) in [6.07, 6.45) is 2.81. The highest BCUT2D eigenvalue weighted by molar-refractivity contribution is 7.71. The number of nitrogens with zero attached hydrogens (tertiary/aromatic N) is 3. The van der Waals surface area contributed by atoms with Crippen LogP contribution in [0.4, 0.5) is 0 Å². The Balaban J connectivity index is 2.55. The first-order valence-electron chi connectivity index (χ1n) is 4.38. The molecule has 0 amide bonds. The zero-order valence-electron chi connectivity index (χ0n) is 8.03. The fourth-order valence-corrected chi connectivity index (χ4v) is 1.53. The number of H-pyrrole nitrogens is 2. The highest BCUT2D eigenvalue weighted by atomic mass is 32.1. The summed E-state index contributed by atoms with van der Waals surface area (Å²) in [6.45, 7) is 2.06. The van der Waals surface area contributed by atoms with Crippen molar-refractivity contribution >= 4 is 12.2 Å². The maximum atomic E-state index is 4.89. The topological polar surface area (TPSA) is 62.3 Å². The molecule has 2 aromatic heterocycles. The summed E-state index contributed by atoms with van der Waals surface area (Å²) in [7, 11) is 1.89. The summed E-state index contributed by atoms with van der Waals surface area (Å²) in [4.78, 5) is 4.15. The Hall–Kier alpha value is -1.43. The van der Waals surface area contributed by atoms with E-state index in [1.807, 2.05) is 13.2 Å². The molecular formula is C8H11N5S. The fraction of sp³-hybridized carbons (Fsp3) is 0.375. The van der Waals surface area contributed by atoms with Crippen molar-refractivity contribution < 1.29 is 0 Å². The fourth-order valence-electron chi connectivity index (χ4n) is 1.39. The second-order valence-electron chi connectivity index (χ2n) is 3.03. The molecule has 74 valence electrons. The number of rotatable bonds is 2. The number of hydrogen-bond donors (Lipinski definition) is 2. The zero-order chi connectivity index (χ0) is 10.1. The standard InChI is InChI=1S/C8H11N5S/c1-3-6-5(4-13(2)12-6)7-9-8(14)11-10-7/h4H,3H2,1-2H3,(H2,9,10,11,14). The summed E-state index contributed by atoms with van der Waals surface area (Å²) in [6, 6.07) is 0. The molecule has 0 aliphatic rings. The second-order valence-corrected chi connectivity index (χ2v) is 3.42. The average Bonchev–Trinajstić information content (AvgIpc) is 2.71. The third kappa shape index (κ3) is 1.48. The molecule has 2 N–H and O–H groups in total. The molecule has 0 saturated carbocycles. The molecule has 0 aromatic carbocycles. The van der Waals surface area contributed by atoms with Crippen molar-refractivity contribution in [3.05, 3.63) is 16.7 Å². The molecule has 2 heterocycles. The van der Waals surface area contributed by atoms with Crippen molar-refractivity contribution in [2.45, 2.75) is 13.3 Å². The first-order chi connectivity index (χ1) is 6.70. The molecule has 2 aromatic rings. The lowest BCUT2D eigenvalue weighted by Crippen LogP contribution is -1.89. The largest absolute Gasteiger partial charge is 0.282 e. The molecule has 5 nitrogen and oxygen atoms in total. The predicted octanol–water partition coefficient (Wildman–Crippen LogP) is 1.43. The predicted molar refractivity (Wildman–Crippen MR) is 55.4 cm³/mol. The van der Waals surface area contributed by atoms with Crippen molar-refractivity contribution in [3.8, 4) is 11.4 Å². The Morgan fingerprint density at radius 2 is 2.29 bits per heavy atom. The molecular weight excluding hydrogens is 198 g/mol. The van der Waals surface area contributed by atoms with E-state index in [-0.39, 0.29) is 0 Å². The van der Waals surface area contributed by atoms with Crippen LogP contribution >= 0.6 is 12.2 Å². The quantitative estimate of drug-likeness (QED) is 0.735. The minimum atomic E-state index is 0.464. The summed E-state index contributed by atoms with van der Waals surface area (Å²) in [5.41, 5.74) is 2.02. The molecule has 0 unspecified atom stereocenters. The van der Waals surface area contributed by atoms with E-state index in [1.165, 1.54) is 0 Å². The van der Waals surface area contributed by atoms with Gasteiger partial charge in [-0.25, -0.2) is 0 Å². The summed E-state index contributed by atoms with van der Waals surface area (Å²) < 4.78 is 2.24. The van der Waals surface area contributed by atoms with E-state index in [9.17, 15) is 0 Å². The lowest BCUT2D eigenvalue weighted by Gasteiger charge is -1.92. The van der Waals surface area contributed by atoms with Crippen LogP contribution in [-0.4, -0.2) is 25.0 Å². The molecule has 0 fully saturated rings. The van der Waals surface area contributed by atoms with Crippen molar-refractivity contribution in [1.29, 1.82) is 0 Å². The highest BCUT2D eigenvalue weighted by Crippen LogP contribution is 2.18. The Morgan fingerprint density at radius 1 is 1.50 bits per heavy atom. The van der Waals surface area contributed by atoms with Gasteiger partial charge in [0.1, 0.15) is 0 Å². The Kier molecular flexibility index (Phi) is 2.20. The van der Waals surface area contributed by atoms with Crippen LogP contribution in [0.15, 0.2) is 6.20 Å². The third-order valence-electron chi connectivity index (χ3n) is 2.00. The van der Waals surface area contributed by atoms with Crippen LogP contribution in [0.3, 0.4) is 0 Å². The minimum absolute atomic E-state index is 0.464. The summed E-state index contributed by atoms with van der Waals surface area (Å²) in [5.74, 6) is 0.750. The normalized spacial score (nSPS) is 10.7. The molecule has 2 rings (SSSR count). The maximum absolute atomic E-state index is 4.89. The zero-order valence-corrected chi connectivity index (χ0v) is 8.85. The van der Waals surface area contributed by atoms with Crippen LogP contribution in [0.5, 0.6) is 0 Å². The van der Waals surface area contributed by atoms with Gasteiger partial charge < -0.3 is 0 Å². The minimum Gasteiger partial charge on any atom is -0.282 e. The summed E-state index contributed by atoms with van der Waals surface area (Å²) >= 11 is 4.89. The van der Waals surface area contributed by atoms with Gasteiger partial charge in [-0.05, 0) is 18.6 Å². The molecule has 0 atom stereocenters. The first kappa shape index (κ1) is 9.14. The number of aromatic nitrogens is 5. The van der Waals surface area contributed by atoms with Gasteiger partial charge in [-0.1, -0.05) is 6.92 Å². The van der Waals surface area contributed by atoms with Crippen molar-refractivity contribution in [2.24, 2.45) is 7.05 Å². The maximum Gasteiger partial charge on any atom is 0.213 e. The lowest BCUT2D eigenvalue weighted by atomic mass is 10.2. The average molecular weight is 209 g/mol. The lowest BCUT2D eigenvalue weighted by molar-refractivity contribution is 0.746. The Morgan fingerprint density at radius 3 is 2.86 bits per heavy atom. The van der Waals surface area contributed by atoms with Crippen LogP contribution in [0.25, 0.3) is 11.4 Å². The van der Waals surface area contributed by atoms with E-state index >= 15 is 0 Å². The first-order valence-corrected chi connectivity index (χ1v) is 4.79. The monoisotopic (exact) mass is 209 g/mol. The van der Waals surface area contributed by atoms with Crippen LogP contribution in [0.1, 0.15) is 12.6 Å². The van der Waals surface area contributed by atoms with E-state index in [1.54, 1.807) is 4.68 Å². The van der Waals surface area contributed by atoms with Gasteiger partial charge >= 0.3 is 0 Å². The molecule has 0 saturated heterocycles. The van der Waals surface area contributed by atoms with Crippen LogP contribution < -0.4 is 0 Å². The van der Waals surface area contributed by atoms with Crippen LogP contribution in [0.2, 0.25) is 0 Å². The van der Waals surface area contributed by atoms with E-state index in [0.29, 0.717) is 4.77 Å². The molecule has 14 heavy (non-hydrogen) atoms. The van der Waals surface area contributed by atoms with E-state index in [2.05, 4.69) is 27.2 Å². The van der Waals surface area contributed by atoms with Gasteiger partial charge in [0.25, 0.3) is 0 Å².